The Morgan fingerprint density at radius 1 is 1.71 bits per heavy atom. The third kappa shape index (κ3) is 4.35. The lowest BCUT2D eigenvalue weighted by Crippen LogP contribution is -2.18. The van der Waals surface area contributed by atoms with Gasteiger partial charge in [-0.25, -0.2) is 0 Å². The highest BCUT2D eigenvalue weighted by molar-refractivity contribution is 8.14. The van der Waals surface area contributed by atoms with E-state index in [0.717, 1.165) is 17.5 Å². The molecule has 0 spiro atoms. The van der Waals surface area contributed by atoms with Gasteiger partial charge in [0.2, 0.25) is 11.8 Å². The van der Waals surface area contributed by atoms with E-state index in [1.165, 1.54) is 0 Å². The summed E-state index contributed by atoms with van der Waals surface area (Å²) in [6.45, 7) is 3.97. The number of carbonyl (C=O) groups is 1. The zero-order valence-electron chi connectivity index (χ0n) is 9.64. The van der Waals surface area contributed by atoms with Crippen LogP contribution in [-0.4, -0.2) is 22.0 Å². The summed E-state index contributed by atoms with van der Waals surface area (Å²) in [6.07, 6.45) is 0. The lowest BCUT2D eigenvalue weighted by molar-refractivity contribution is -0.113. The zero-order valence-corrected chi connectivity index (χ0v) is 10.5. The molecule has 8 heteroatoms. The Balaban J connectivity index is 2.45. The largest absolute Gasteiger partial charge is 0.377 e. The Labute approximate surface area is 103 Å². The van der Waals surface area contributed by atoms with Crippen molar-refractivity contribution in [2.75, 3.05) is 11.1 Å². The van der Waals surface area contributed by atoms with E-state index in [9.17, 15) is 4.79 Å². The maximum atomic E-state index is 11.4. The van der Waals surface area contributed by atoms with Gasteiger partial charge < -0.3 is 16.1 Å². The normalized spacial score (nSPS) is 11.8. The summed E-state index contributed by atoms with van der Waals surface area (Å²) in [5.74, 6) is 5.36. The van der Waals surface area contributed by atoms with Crippen LogP contribution in [0.2, 0.25) is 0 Å². The smallest absolute Gasteiger partial charge is 0.237 e. The Kier molecular flexibility index (Phi) is 4.83. The van der Waals surface area contributed by atoms with E-state index in [4.69, 9.17) is 16.1 Å². The molecule has 0 bridgehead atoms. The van der Waals surface area contributed by atoms with E-state index >= 15 is 0 Å². The third-order valence-corrected chi connectivity index (χ3v) is 2.67. The summed E-state index contributed by atoms with van der Waals surface area (Å²) in [6, 6.07) is 1.69. The molecule has 0 saturated heterocycles. The van der Waals surface area contributed by atoms with Gasteiger partial charge in [0.05, 0.1) is 11.4 Å². The molecule has 1 heterocycles. The lowest BCUT2D eigenvalue weighted by atomic mass is 10.1. The Morgan fingerprint density at radius 2 is 2.41 bits per heavy atom. The number of rotatable bonds is 4. The molecule has 94 valence electrons. The number of hydrogen-bond donors (Lipinski definition) is 3. The highest BCUT2D eigenvalue weighted by atomic mass is 32.2. The monoisotopic (exact) mass is 257 g/mol. The summed E-state index contributed by atoms with van der Waals surface area (Å²) < 4.78 is 4.95. The van der Waals surface area contributed by atoms with Gasteiger partial charge >= 0.3 is 0 Å². The molecule has 1 aromatic rings. The maximum absolute atomic E-state index is 11.4. The van der Waals surface area contributed by atoms with Crippen molar-refractivity contribution >= 4 is 28.7 Å². The van der Waals surface area contributed by atoms with Gasteiger partial charge in [0.15, 0.2) is 5.17 Å². The fourth-order valence-corrected chi connectivity index (χ4v) is 1.40. The fraction of sp³-hybridized carbons (Fsp3) is 0.444. The molecule has 1 aromatic heterocycles. The summed E-state index contributed by atoms with van der Waals surface area (Å²) in [5, 5.41) is 9.76. The predicted octanol–water partition coefficient (Wildman–Crippen LogP) is 0.658. The van der Waals surface area contributed by atoms with Crippen molar-refractivity contribution in [3.63, 3.8) is 0 Å². The minimum absolute atomic E-state index is 0.115. The lowest BCUT2D eigenvalue weighted by Gasteiger charge is -1.99. The number of hydrazone groups is 1. The molecule has 0 aromatic carbocycles. The van der Waals surface area contributed by atoms with Crippen LogP contribution < -0.4 is 16.9 Å². The third-order valence-electron chi connectivity index (χ3n) is 1.86. The van der Waals surface area contributed by atoms with Crippen LogP contribution in [0.3, 0.4) is 0 Å². The fourth-order valence-electron chi connectivity index (χ4n) is 0.970. The average molecular weight is 257 g/mol. The van der Waals surface area contributed by atoms with Crippen molar-refractivity contribution in [2.45, 2.75) is 19.8 Å². The summed E-state index contributed by atoms with van der Waals surface area (Å²) >= 11 is 1.05. The molecule has 0 fully saturated rings. The molecular weight excluding hydrogens is 242 g/mol. The minimum atomic E-state index is -0.256. The first-order valence-electron chi connectivity index (χ1n) is 4.95. The van der Waals surface area contributed by atoms with Crippen molar-refractivity contribution in [2.24, 2.45) is 16.7 Å². The summed E-state index contributed by atoms with van der Waals surface area (Å²) in [5.41, 5.74) is 6.12. The van der Waals surface area contributed by atoms with Gasteiger partial charge in [0.1, 0.15) is 0 Å². The van der Waals surface area contributed by atoms with Gasteiger partial charge in [-0.1, -0.05) is 30.8 Å². The van der Waals surface area contributed by atoms with E-state index in [0.29, 0.717) is 5.88 Å². The number of thioether (sulfide) groups is 1. The average Bonchev–Trinajstić information content (AvgIpc) is 2.74. The molecule has 17 heavy (non-hydrogen) atoms. The summed E-state index contributed by atoms with van der Waals surface area (Å²) in [7, 11) is 0. The van der Waals surface area contributed by atoms with Crippen LogP contribution in [0.1, 0.15) is 25.5 Å². The first-order chi connectivity index (χ1) is 8.02. The van der Waals surface area contributed by atoms with Crippen molar-refractivity contribution in [1.82, 2.24) is 5.16 Å². The van der Waals surface area contributed by atoms with Crippen LogP contribution in [-0.2, 0) is 4.79 Å². The zero-order chi connectivity index (χ0) is 12.8. The van der Waals surface area contributed by atoms with Crippen LogP contribution in [0.5, 0.6) is 0 Å². The van der Waals surface area contributed by atoms with E-state index in [1.54, 1.807) is 6.07 Å². The van der Waals surface area contributed by atoms with Crippen LogP contribution in [0.15, 0.2) is 15.7 Å². The van der Waals surface area contributed by atoms with Crippen LogP contribution in [0, 0.1) is 0 Å². The van der Waals surface area contributed by atoms with Gasteiger partial charge in [-0.2, -0.15) is 5.10 Å². The molecule has 0 radical (unpaired) electrons. The van der Waals surface area contributed by atoms with Crippen LogP contribution in [0.4, 0.5) is 5.88 Å². The van der Waals surface area contributed by atoms with Gasteiger partial charge in [-0.05, 0) is 5.92 Å². The molecular formula is C9H15N5O2S. The number of anilines is 1. The Morgan fingerprint density at radius 3 is 2.94 bits per heavy atom. The number of aromatic nitrogens is 1. The quantitative estimate of drug-likeness (QED) is 0.315. The summed E-state index contributed by atoms with van der Waals surface area (Å²) in [4.78, 5) is 11.4. The molecule has 0 aliphatic carbocycles. The second-order valence-electron chi connectivity index (χ2n) is 3.57. The minimum Gasteiger partial charge on any atom is -0.377 e. The molecule has 0 atom stereocenters. The number of hydrogen-bond acceptors (Lipinski definition) is 6. The Bertz CT molecular complexity index is 415. The first kappa shape index (κ1) is 13.4. The van der Waals surface area contributed by atoms with Crippen LogP contribution >= 0.6 is 11.8 Å². The van der Waals surface area contributed by atoms with Crippen molar-refractivity contribution < 1.29 is 9.32 Å². The standard InChI is InChI=1S/C9H15N5O2S/c1-5(2)6-3-8(16-14-6)12-7(15)4-17-9(10)13-11/h3,5H,4,11H2,1-2H3,(H2,10,13)(H,12,15). The number of amidine groups is 1. The molecule has 1 amide bonds. The topological polar surface area (TPSA) is 120 Å². The number of nitrogens with one attached hydrogen (secondary N) is 1. The van der Waals surface area contributed by atoms with E-state index < -0.39 is 0 Å². The maximum Gasteiger partial charge on any atom is 0.237 e. The van der Waals surface area contributed by atoms with E-state index in [1.807, 2.05) is 13.8 Å². The second kappa shape index (κ2) is 6.14. The SMILES string of the molecule is CC(C)c1cc(NC(=O)CSC(N)=NN)on1. The van der Waals surface area contributed by atoms with Gasteiger partial charge in [0.25, 0.3) is 0 Å². The molecule has 1 rings (SSSR count). The number of amides is 1. The Hall–Kier alpha value is -1.70. The molecule has 7 nitrogen and oxygen atoms in total. The van der Waals surface area contributed by atoms with Crippen LogP contribution in [0.25, 0.3) is 0 Å². The molecule has 0 saturated carbocycles. The number of carbonyl (C=O) groups excluding carboxylic acids is 1. The predicted molar refractivity (Wildman–Crippen MR) is 67.5 cm³/mol. The first-order valence-corrected chi connectivity index (χ1v) is 5.94. The molecule has 0 unspecified atom stereocenters. The molecule has 5 N–H and O–H groups in total. The van der Waals surface area contributed by atoms with Crippen molar-refractivity contribution in [1.29, 1.82) is 0 Å². The van der Waals surface area contributed by atoms with Crippen molar-refractivity contribution in [3.05, 3.63) is 11.8 Å². The van der Waals surface area contributed by atoms with E-state index in [2.05, 4.69) is 15.6 Å². The van der Waals surface area contributed by atoms with Gasteiger partial charge in [-0.3, -0.25) is 10.1 Å². The number of nitrogens with zero attached hydrogens (tertiary/aromatic N) is 2. The highest BCUT2D eigenvalue weighted by Gasteiger charge is 2.10. The molecule has 0 aliphatic heterocycles. The van der Waals surface area contributed by atoms with Crippen molar-refractivity contribution in [3.8, 4) is 0 Å². The second-order valence-corrected chi connectivity index (χ2v) is 4.57. The highest BCUT2D eigenvalue weighted by Crippen LogP contribution is 2.17. The van der Waals surface area contributed by atoms with Gasteiger partial charge in [-0.15, -0.1) is 0 Å². The van der Waals surface area contributed by atoms with E-state index in [-0.39, 0.29) is 22.7 Å². The molecule has 0 aliphatic rings. The number of nitrogens with two attached hydrogens (primary N) is 2. The van der Waals surface area contributed by atoms with Gasteiger partial charge in [0, 0.05) is 6.07 Å².